The SMILES string of the molecule is CC(=O)[O-].CC(=O)[O-].NC(CS)C(=O)O.[Zn+2]. The smallest absolute Gasteiger partial charge is 0.550 e. The first-order valence-corrected chi connectivity index (χ1v) is 4.22. The second-order valence-corrected chi connectivity index (χ2v) is 2.48. The second kappa shape index (κ2) is 16.8. The maximum atomic E-state index is 9.76. The van der Waals surface area contributed by atoms with Gasteiger partial charge in [-0.1, -0.05) is 0 Å². The zero-order valence-electron chi connectivity index (χ0n) is 9.00. The predicted octanol–water partition coefficient (Wildman–Crippen LogP) is -3.16. The Labute approximate surface area is 111 Å². The number of carboxylic acid groups (broad SMARTS) is 3. The molecule has 0 fully saturated rings. The molecule has 0 heterocycles. The van der Waals surface area contributed by atoms with Crippen LogP contribution in [0.15, 0.2) is 0 Å². The van der Waals surface area contributed by atoms with Crippen LogP contribution < -0.4 is 15.9 Å². The number of rotatable bonds is 2. The van der Waals surface area contributed by atoms with Crippen LogP contribution in [-0.2, 0) is 33.9 Å². The maximum absolute atomic E-state index is 9.76. The normalized spacial score (nSPS) is 9.00. The zero-order valence-corrected chi connectivity index (χ0v) is 12.9. The molecule has 0 rings (SSSR count). The molecule has 16 heavy (non-hydrogen) atoms. The minimum atomic E-state index is -1.08. The molecule has 0 saturated heterocycles. The Bertz CT molecular complexity index is 193. The van der Waals surface area contributed by atoms with Crippen molar-refractivity contribution in [2.45, 2.75) is 19.9 Å². The van der Waals surface area contributed by atoms with Crippen LogP contribution >= 0.6 is 12.6 Å². The Balaban J connectivity index is -0.0000000700. The first-order valence-electron chi connectivity index (χ1n) is 3.59. The van der Waals surface area contributed by atoms with Crippen LogP contribution in [-0.4, -0.2) is 34.8 Å². The summed E-state index contributed by atoms with van der Waals surface area (Å²) >= 11 is 3.65. The monoisotopic (exact) mass is 303 g/mol. The summed E-state index contributed by atoms with van der Waals surface area (Å²) in [5.74, 6) is -2.98. The first kappa shape index (κ1) is 24.5. The fourth-order valence-corrected chi connectivity index (χ4v) is 0.234. The fraction of sp³-hybridized carbons (Fsp3) is 0.571. The van der Waals surface area contributed by atoms with Gasteiger partial charge < -0.3 is 30.6 Å². The third kappa shape index (κ3) is 71.2. The van der Waals surface area contributed by atoms with E-state index in [0.717, 1.165) is 13.8 Å². The molecule has 0 aliphatic heterocycles. The van der Waals surface area contributed by atoms with Crippen molar-refractivity contribution in [3.63, 3.8) is 0 Å². The van der Waals surface area contributed by atoms with Gasteiger partial charge in [-0.25, -0.2) is 0 Å². The summed E-state index contributed by atoms with van der Waals surface area (Å²) in [5, 5.41) is 25.8. The molecule has 3 N–H and O–H groups in total. The zero-order chi connectivity index (χ0) is 13.0. The number of thiol groups is 1. The van der Waals surface area contributed by atoms with Crippen LogP contribution in [0.1, 0.15) is 13.8 Å². The van der Waals surface area contributed by atoms with E-state index in [1.165, 1.54) is 0 Å². The fourth-order valence-electron chi connectivity index (χ4n) is 0.0781. The standard InChI is InChI=1S/C3H7NO2S.2C2H4O2.Zn/c4-2(1-7)3(5)6;2*1-2(3)4;/h2,7H,1,4H2,(H,5,6);2*1H3,(H,3,4);/q;;;+2/p-2. The summed E-state index contributed by atoms with van der Waals surface area (Å²) in [4.78, 5) is 27.5. The average molecular weight is 305 g/mol. The molecule has 0 spiro atoms. The summed E-state index contributed by atoms with van der Waals surface area (Å²) in [5.41, 5.74) is 4.94. The van der Waals surface area contributed by atoms with Crippen LogP contribution in [0.4, 0.5) is 0 Å². The summed E-state index contributed by atoms with van der Waals surface area (Å²) in [6.45, 7) is 1.94. The number of nitrogens with two attached hydrogens (primary N) is 1. The molecule has 0 aromatic rings. The van der Waals surface area contributed by atoms with E-state index in [4.69, 9.17) is 30.6 Å². The molecular weight excluding hydrogens is 292 g/mol. The Morgan fingerprint density at radius 3 is 1.44 bits per heavy atom. The van der Waals surface area contributed by atoms with Gasteiger partial charge in [0.2, 0.25) is 0 Å². The number of carbonyl (C=O) groups is 3. The van der Waals surface area contributed by atoms with Gasteiger partial charge in [0, 0.05) is 17.7 Å². The molecular formula is C7H13NO6SZn. The number of hydrogen-bond donors (Lipinski definition) is 3. The van der Waals surface area contributed by atoms with E-state index in [9.17, 15) is 4.79 Å². The van der Waals surface area contributed by atoms with Crippen LogP contribution in [0.2, 0.25) is 0 Å². The number of carbonyl (C=O) groups excluding carboxylic acids is 2. The number of aliphatic carboxylic acids is 3. The van der Waals surface area contributed by atoms with E-state index in [-0.39, 0.29) is 25.2 Å². The van der Waals surface area contributed by atoms with Crippen molar-refractivity contribution in [2.24, 2.45) is 5.73 Å². The van der Waals surface area contributed by atoms with Crippen molar-refractivity contribution >= 4 is 30.5 Å². The molecule has 0 amide bonds. The summed E-state index contributed by atoms with van der Waals surface area (Å²) in [7, 11) is 0. The molecule has 0 radical (unpaired) electrons. The number of carboxylic acids is 3. The van der Waals surface area contributed by atoms with E-state index in [2.05, 4.69) is 12.6 Å². The van der Waals surface area contributed by atoms with Gasteiger partial charge in [-0.3, -0.25) is 4.79 Å². The quantitative estimate of drug-likeness (QED) is 0.361. The molecule has 0 aromatic carbocycles. The van der Waals surface area contributed by atoms with Crippen molar-refractivity contribution in [2.75, 3.05) is 5.75 Å². The van der Waals surface area contributed by atoms with Crippen LogP contribution in [0, 0.1) is 0 Å². The molecule has 0 aromatic heterocycles. The van der Waals surface area contributed by atoms with E-state index in [1.54, 1.807) is 0 Å². The minimum absolute atomic E-state index is 0. The molecule has 90 valence electrons. The second-order valence-electron chi connectivity index (χ2n) is 2.11. The predicted molar refractivity (Wildman–Crippen MR) is 50.8 cm³/mol. The Hall–Kier alpha value is -0.657. The molecule has 0 bridgehead atoms. The third-order valence-electron chi connectivity index (χ3n) is 0.514. The molecule has 0 aliphatic carbocycles. The van der Waals surface area contributed by atoms with Gasteiger partial charge in [0.15, 0.2) is 0 Å². The van der Waals surface area contributed by atoms with Gasteiger partial charge in [-0.15, -0.1) is 0 Å². The summed E-state index contributed by atoms with van der Waals surface area (Å²) in [6.07, 6.45) is 0. The molecule has 0 saturated carbocycles. The van der Waals surface area contributed by atoms with Gasteiger partial charge in [-0.05, 0) is 13.8 Å². The van der Waals surface area contributed by atoms with Crippen molar-refractivity contribution < 1.29 is 49.2 Å². The Morgan fingerprint density at radius 1 is 1.25 bits per heavy atom. The minimum Gasteiger partial charge on any atom is -0.550 e. The van der Waals surface area contributed by atoms with Crippen molar-refractivity contribution in [3.05, 3.63) is 0 Å². The first-order chi connectivity index (χ1) is 6.64. The van der Waals surface area contributed by atoms with Gasteiger partial charge in [0.1, 0.15) is 6.04 Å². The topological polar surface area (TPSA) is 144 Å². The maximum Gasteiger partial charge on any atom is 2.00 e. The van der Waals surface area contributed by atoms with Gasteiger partial charge in [0.05, 0.1) is 0 Å². The van der Waals surface area contributed by atoms with Gasteiger partial charge in [-0.2, -0.15) is 12.6 Å². The van der Waals surface area contributed by atoms with E-state index >= 15 is 0 Å². The van der Waals surface area contributed by atoms with Crippen molar-refractivity contribution in [1.29, 1.82) is 0 Å². The largest absolute Gasteiger partial charge is 2.00 e. The van der Waals surface area contributed by atoms with Gasteiger partial charge >= 0.3 is 25.4 Å². The molecule has 9 heteroatoms. The molecule has 1 unspecified atom stereocenters. The Kier molecular flexibility index (Phi) is 25.7. The van der Waals surface area contributed by atoms with Crippen LogP contribution in [0.5, 0.6) is 0 Å². The van der Waals surface area contributed by atoms with E-state index in [1.807, 2.05) is 0 Å². The molecule has 0 aliphatic rings. The molecule has 1 atom stereocenters. The van der Waals surface area contributed by atoms with E-state index < -0.39 is 23.9 Å². The third-order valence-corrected chi connectivity index (χ3v) is 0.907. The average Bonchev–Trinajstić information content (AvgIpc) is 2.00. The Morgan fingerprint density at radius 2 is 1.44 bits per heavy atom. The van der Waals surface area contributed by atoms with Crippen LogP contribution in [0.25, 0.3) is 0 Å². The van der Waals surface area contributed by atoms with Crippen molar-refractivity contribution in [3.8, 4) is 0 Å². The van der Waals surface area contributed by atoms with E-state index in [0.29, 0.717) is 0 Å². The van der Waals surface area contributed by atoms with Crippen LogP contribution in [0.3, 0.4) is 0 Å². The summed E-state index contributed by atoms with van der Waals surface area (Å²) in [6, 6.07) is -0.816. The van der Waals surface area contributed by atoms with Crippen molar-refractivity contribution in [1.82, 2.24) is 0 Å². The molecule has 7 nitrogen and oxygen atoms in total. The number of hydrogen-bond acceptors (Lipinski definition) is 7. The summed E-state index contributed by atoms with van der Waals surface area (Å²) < 4.78 is 0. The van der Waals surface area contributed by atoms with Gasteiger partial charge in [0.25, 0.3) is 0 Å².